The highest BCUT2D eigenvalue weighted by atomic mass is 16.5. The molecule has 0 atom stereocenters. The van der Waals surface area contributed by atoms with Crippen molar-refractivity contribution in [3.63, 3.8) is 0 Å². The van der Waals surface area contributed by atoms with Gasteiger partial charge in [0, 0.05) is 16.5 Å². The maximum Gasteiger partial charge on any atom is 0.342 e. The number of rotatable bonds is 5. The van der Waals surface area contributed by atoms with Crippen LogP contribution in [0.15, 0.2) is 70.9 Å². The Labute approximate surface area is 139 Å². The molecule has 0 N–H and O–H groups in total. The predicted molar refractivity (Wildman–Crippen MR) is 91.6 cm³/mol. The predicted octanol–water partition coefficient (Wildman–Crippen LogP) is 4.26. The Balaban J connectivity index is 2.07. The summed E-state index contributed by atoms with van der Waals surface area (Å²) in [7, 11) is 0. The maximum atomic E-state index is 12.7. The molecule has 0 saturated heterocycles. The number of benzene rings is 2. The Morgan fingerprint density at radius 2 is 1.75 bits per heavy atom. The van der Waals surface area contributed by atoms with E-state index >= 15 is 0 Å². The first-order valence-electron chi connectivity index (χ1n) is 7.65. The lowest BCUT2D eigenvalue weighted by atomic mass is 10.0. The minimum atomic E-state index is -0.642. The van der Waals surface area contributed by atoms with Crippen LogP contribution in [0.25, 0.3) is 17.0 Å². The van der Waals surface area contributed by atoms with Crippen molar-refractivity contribution < 1.29 is 18.7 Å². The van der Waals surface area contributed by atoms with Crippen molar-refractivity contribution >= 4 is 28.8 Å². The first kappa shape index (κ1) is 15.7. The van der Waals surface area contributed by atoms with Crippen LogP contribution < -0.4 is 0 Å². The van der Waals surface area contributed by atoms with Crippen LogP contribution in [0.1, 0.15) is 22.8 Å². The van der Waals surface area contributed by atoms with Crippen molar-refractivity contribution in [1.82, 2.24) is 0 Å². The Hall–Kier alpha value is -3.14. The molecular weight excluding hydrogens is 304 g/mol. The normalized spacial score (nSPS) is 11.5. The molecule has 0 aliphatic heterocycles. The van der Waals surface area contributed by atoms with E-state index in [0.717, 1.165) is 5.39 Å². The summed E-state index contributed by atoms with van der Waals surface area (Å²) in [5.41, 5.74) is 1.77. The topological polar surface area (TPSA) is 56.5 Å². The average molecular weight is 320 g/mol. The minimum absolute atomic E-state index is 0.0189. The number of ketones is 1. The van der Waals surface area contributed by atoms with Gasteiger partial charge in [0.1, 0.15) is 11.2 Å². The number of furan rings is 1. The van der Waals surface area contributed by atoms with Crippen LogP contribution in [-0.4, -0.2) is 18.4 Å². The van der Waals surface area contributed by atoms with Gasteiger partial charge in [-0.05, 0) is 19.1 Å². The molecule has 0 spiro atoms. The second-order valence-electron chi connectivity index (χ2n) is 5.16. The van der Waals surface area contributed by atoms with Gasteiger partial charge in [0.2, 0.25) is 0 Å². The summed E-state index contributed by atoms with van der Waals surface area (Å²) in [6.07, 6.45) is 3.06. The zero-order chi connectivity index (χ0) is 16.9. The number of ether oxygens (including phenoxy) is 1. The largest absolute Gasteiger partial charge is 0.464 e. The summed E-state index contributed by atoms with van der Waals surface area (Å²) in [5, 5.41) is 0.833. The molecule has 0 unspecified atom stereocenters. The van der Waals surface area contributed by atoms with E-state index in [1.54, 1.807) is 31.2 Å². The van der Waals surface area contributed by atoms with Gasteiger partial charge in [0.05, 0.1) is 12.9 Å². The molecule has 4 nitrogen and oxygen atoms in total. The zero-order valence-electron chi connectivity index (χ0n) is 13.2. The van der Waals surface area contributed by atoms with E-state index in [4.69, 9.17) is 9.15 Å². The highest BCUT2D eigenvalue weighted by Crippen LogP contribution is 2.24. The SMILES string of the molecule is CCOC(=O)/C(=C/c1coc2ccccc12)C(=O)c1ccccc1. The lowest BCUT2D eigenvalue weighted by Crippen LogP contribution is -2.16. The molecule has 4 heteroatoms. The zero-order valence-corrected chi connectivity index (χ0v) is 13.2. The van der Waals surface area contributed by atoms with E-state index in [2.05, 4.69) is 0 Å². The molecule has 1 heterocycles. The summed E-state index contributed by atoms with van der Waals surface area (Å²) >= 11 is 0. The molecular formula is C20H16O4. The quantitative estimate of drug-likeness (QED) is 0.232. The van der Waals surface area contributed by atoms with Gasteiger partial charge >= 0.3 is 5.97 Å². The highest BCUT2D eigenvalue weighted by molar-refractivity contribution is 6.27. The van der Waals surface area contributed by atoms with Gasteiger partial charge in [-0.15, -0.1) is 0 Å². The monoisotopic (exact) mass is 320 g/mol. The summed E-state index contributed by atoms with van der Waals surface area (Å²) in [6, 6.07) is 16.1. The Morgan fingerprint density at radius 1 is 1.04 bits per heavy atom. The van der Waals surface area contributed by atoms with Gasteiger partial charge in [-0.3, -0.25) is 4.79 Å². The molecule has 120 valence electrons. The smallest absolute Gasteiger partial charge is 0.342 e. The fourth-order valence-corrected chi connectivity index (χ4v) is 2.44. The van der Waals surface area contributed by atoms with Crippen molar-refractivity contribution in [3.8, 4) is 0 Å². The van der Waals surface area contributed by atoms with Gasteiger partial charge < -0.3 is 9.15 Å². The second kappa shape index (κ2) is 6.96. The van der Waals surface area contributed by atoms with Crippen LogP contribution in [0.3, 0.4) is 0 Å². The molecule has 24 heavy (non-hydrogen) atoms. The Bertz CT molecular complexity index is 904. The van der Waals surface area contributed by atoms with Crippen LogP contribution in [-0.2, 0) is 9.53 Å². The standard InChI is InChI=1S/C20H16O4/c1-2-23-20(22)17(19(21)14-8-4-3-5-9-14)12-15-13-24-18-11-7-6-10-16(15)18/h3-13H,2H2,1H3/b17-12+. The molecule has 0 amide bonds. The summed E-state index contributed by atoms with van der Waals surface area (Å²) in [4.78, 5) is 25.0. The van der Waals surface area contributed by atoms with E-state index in [1.807, 2.05) is 30.3 Å². The van der Waals surface area contributed by atoms with E-state index in [9.17, 15) is 9.59 Å². The van der Waals surface area contributed by atoms with Gasteiger partial charge in [0.15, 0.2) is 5.78 Å². The van der Waals surface area contributed by atoms with E-state index in [1.165, 1.54) is 12.3 Å². The van der Waals surface area contributed by atoms with Crippen molar-refractivity contribution in [2.45, 2.75) is 6.92 Å². The third kappa shape index (κ3) is 3.13. The number of carbonyl (C=O) groups excluding carboxylic acids is 2. The van der Waals surface area contributed by atoms with Crippen LogP contribution >= 0.6 is 0 Å². The van der Waals surface area contributed by atoms with Crippen molar-refractivity contribution in [1.29, 1.82) is 0 Å². The van der Waals surface area contributed by atoms with E-state index < -0.39 is 5.97 Å². The lowest BCUT2D eigenvalue weighted by molar-refractivity contribution is -0.137. The van der Waals surface area contributed by atoms with Crippen LogP contribution in [0, 0.1) is 0 Å². The number of esters is 1. The molecule has 2 aromatic carbocycles. The third-order valence-electron chi connectivity index (χ3n) is 3.59. The molecule has 0 bridgehead atoms. The minimum Gasteiger partial charge on any atom is -0.464 e. The Morgan fingerprint density at radius 3 is 2.50 bits per heavy atom. The van der Waals surface area contributed by atoms with Gasteiger partial charge in [0.25, 0.3) is 0 Å². The number of hydrogen-bond acceptors (Lipinski definition) is 4. The molecule has 3 rings (SSSR count). The first-order valence-corrected chi connectivity index (χ1v) is 7.65. The number of Topliss-reactive ketones (excluding diaryl/α,β-unsaturated/α-hetero) is 1. The average Bonchev–Trinajstić information content (AvgIpc) is 3.03. The molecule has 0 aliphatic carbocycles. The number of fused-ring (bicyclic) bond motifs is 1. The number of para-hydroxylation sites is 1. The highest BCUT2D eigenvalue weighted by Gasteiger charge is 2.21. The van der Waals surface area contributed by atoms with Gasteiger partial charge in [-0.1, -0.05) is 48.5 Å². The molecule has 3 aromatic rings. The fraction of sp³-hybridized carbons (Fsp3) is 0.100. The molecule has 1 aromatic heterocycles. The number of hydrogen-bond donors (Lipinski definition) is 0. The van der Waals surface area contributed by atoms with Crippen molar-refractivity contribution in [2.75, 3.05) is 6.61 Å². The summed E-state index contributed by atoms with van der Waals surface area (Å²) < 4.78 is 10.5. The van der Waals surface area contributed by atoms with Gasteiger partial charge in [-0.2, -0.15) is 0 Å². The Kier molecular flexibility index (Phi) is 4.57. The number of carbonyl (C=O) groups is 2. The van der Waals surface area contributed by atoms with Crippen LogP contribution in [0.5, 0.6) is 0 Å². The molecule has 0 saturated carbocycles. The lowest BCUT2D eigenvalue weighted by Gasteiger charge is -2.06. The van der Waals surface area contributed by atoms with E-state index in [0.29, 0.717) is 16.7 Å². The summed E-state index contributed by atoms with van der Waals surface area (Å²) in [6.45, 7) is 1.90. The maximum absolute atomic E-state index is 12.7. The first-order chi connectivity index (χ1) is 11.7. The summed E-state index contributed by atoms with van der Waals surface area (Å²) in [5.74, 6) is -1.02. The van der Waals surface area contributed by atoms with Crippen LogP contribution in [0.2, 0.25) is 0 Å². The van der Waals surface area contributed by atoms with Crippen molar-refractivity contribution in [3.05, 3.63) is 77.6 Å². The van der Waals surface area contributed by atoms with Gasteiger partial charge in [-0.25, -0.2) is 4.79 Å². The fourth-order valence-electron chi connectivity index (χ4n) is 2.44. The second-order valence-corrected chi connectivity index (χ2v) is 5.16. The van der Waals surface area contributed by atoms with Crippen molar-refractivity contribution in [2.24, 2.45) is 0 Å². The van der Waals surface area contributed by atoms with Crippen LogP contribution in [0.4, 0.5) is 0 Å². The molecule has 0 radical (unpaired) electrons. The third-order valence-corrected chi connectivity index (χ3v) is 3.59. The molecule has 0 fully saturated rings. The van der Waals surface area contributed by atoms with E-state index in [-0.39, 0.29) is 18.0 Å². The molecule has 0 aliphatic rings.